The molecule has 1 atom stereocenters. The molecule has 0 aliphatic carbocycles. The highest BCUT2D eigenvalue weighted by atomic mass is 32.2. The third-order valence-corrected chi connectivity index (χ3v) is 7.57. The summed E-state index contributed by atoms with van der Waals surface area (Å²) in [5.74, 6) is 1.23. The predicted molar refractivity (Wildman–Crippen MR) is 122 cm³/mol. The van der Waals surface area contributed by atoms with Gasteiger partial charge in [-0.3, -0.25) is 14.9 Å². The minimum atomic E-state index is -1.14. The molecule has 2 aromatic carbocycles. The standard InChI is InChI=1S/C21H22N2O6S2/c1-13(19(24)22-17-9-8-16(28-2)12-18(17)23(26)27)29-20(25)14-4-6-15(7-5-14)21-30-10-3-11-31-21/h4-9,12-13,21H,3,10-11H2,1-2H3,(H,22,24). The number of nitrogens with zero attached hydrogens (tertiary/aromatic N) is 1. The third-order valence-electron chi connectivity index (χ3n) is 4.56. The Hall–Kier alpha value is -2.72. The first-order valence-corrected chi connectivity index (χ1v) is 11.7. The van der Waals surface area contributed by atoms with Gasteiger partial charge in [0.25, 0.3) is 11.6 Å². The van der Waals surface area contributed by atoms with Gasteiger partial charge < -0.3 is 14.8 Å². The fraction of sp³-hybridized carbons (Fsp3) is 0.333. The summed E-state index contributed by atoms with van der Waals surface area (Å²) >= 11 is 3.78. The molecule has 1 N–H and O–H groups in total. The zero-order chi connectivity index (χ0) is 22.4. The molecule has 0 spiro atoms. The first kappa shape index (κ1) is 23.0. The summed E-state index contributed by atoms with van der Waals surface area (Å²) in [6, 6.07) is 11.2. The van der Waals surface area contributed by atoms with Crippen molar-refractivity contribution in [1.29, 1.82) is 0 Å². The zero-order valence-electron chi connectivity index (χ0n) is 17.0. The monoisotopic (exact) mass is 462 g/mol. The van der Waals surface area contributed by atoms with Crippen molar-refractivity contribution in [3.05, 3.63) is 63.7 Å². The predicted octanol–water partition coefficient (Wildman–Crippen LogP) is 4.66. The molecule has 164 valence electrons. The summed E-state index contributed by atoms with van der Waals surface area (Å²) in [4.78, 5) is 35.5. The molecule has 1 heterocycles. The molecule has 1 aliphatic rings. The lowest BCUT2D eigenvalue weighted by molar-refractivity contribution is -0.384. The number of rotatable bonds is 7. The van der Waals surface area contributed by atoms with Gasteiger partial charge in [0.05, 0.1) is 28.2 Å². The number of ether oxygens (including phenoxy) is 2. The fourth-order valence-electron chi connectivity index (χ4n) is 2.87. The number of carbonyl (C=O) groups is 2. The van der Waals surface area contributed by atoms with Gasteiger partial charge in [-0.25, -0.2) is 4.79 Å². The number of esters is 1. The van der Waals surface area contributed by atoms with E-state index in [4.69, 9.17) is 9.47 Å². The zero-order valence-corrected chi connectivity index (χ0v) is 18.7. The second kappa shape index (κ2) is 10.5. The molecule has 1 aliphatic heterocycles. The molecular weight excluding hydrogens is 440 g/mol. The molecule has 1 saturated heterocycles. The maximum atomic E-state index is 12.4. The molecule has 0 saturated carbocycles. The summed E-state index contributed by atoms with van der Waals surface area (Å²) in [7, 11) is 1.39. The highest BCUT2D eigenvalue weighted by Crippen LogP contribution is 2.43. The number of nitro benzene ring substituents is 1. The van der Waals surface area contributed by atoms with Gasteiger partial charge in [0.1, 0.15) is 11.4 Å². The van der Waals surface area contributed by atoms with Crippen molar-refractivity contribution in [2.75, 3.05) is 23.9 Å². The molecule has 10 heteroatoms. The normalized spacial score (nSPS) is 15.0. The Morgan fingerprint density at radius 3 is 2.45 bits per heavy atom. The quantitative estimate of drug-likeness (QED) is 0.360. The van der Waals surface area contributed by atoms with Crippen LogP contribution in [-0.4, -0.2) is 41.5 Å². The summed E-state index contributed by atoms with van der Waals surface area (Å²) < 4.78 is 10.6. The molecule has 2 aromatic rings. The molecule has 1 unspecified atom stereocenters. The van der Waals surface area contributed by atoms with E-state index >= 15 is 0 Å². The molecule has 31 heavy (non-hydrogen) atoms. The first-order chi connectivity index (χ1) is 14.9. The van der Waals surface area contributed by atoms with Gasteiger partial charge >= 0.3 is 5.97 Å². The van der Waals surface area contributed by atoms with Gasteiger partial charge in [-0.1, -0.05) is 12.1 Å². The van der Waals surface area contributed by atoms with Crippen molar-refractivity contribution in [3.8, 4) is 5.75 Å². The Kier molecular flexibility index (Phi) is 7.80. The number of nitrogens with one attached hydrogen (secondary N) is 1. The number of amides is 1. The van der Waals surface area contributed by atoms with E-state index in [1.54, 1.807) is 12.1 Å². The number of methoxy groups -OCH3 is 1. The van der Waals surface area contributed by atoms with E-state index in [-0.39, 0.29) is 17.1 Å². The number of thioether (sulfide) groups is 2. The number of hydrogen-bond donors (Lipinski definition) is 1. The second-order valence-corrected chi connectivity index (χ2v) is 9.45. The smallest absolute Gasteiger partial charge is 0.338 e. The van der Waals surface area contributed by atoms with Crippen LogP contribution < -0.4 is 10.1 Å². The second-order valence-electron chi connectivity index (χ2n) is 6.73. The van der Waals surface area contributed by atoms with E-state index in [0.29, 0.717) is 10.1 Å². The largest absolute Gasteiger partial charge is 0.496 e. The van der Waals surface area contributed by atoms with E-state index < -0.39 is 22.9 Å². The van der Waals surface area contributed by atoms with Crippen LogP contribution in [-0.2, 0) is 9.53 Å². The van der Waals surface area contributed by atoms with Crippen LogP contribution in [0.3, 0.4) is 0 Å². The minimum Gasteiger partial charge on any atom is -0.496 e. The molecule has 0 radical (unpaired) electrons. The van der Waals surface area contributed by atoms with Crippen LogP contribution in [0.4, 0.5) is 11.4 Å². The number of hydrogen-bond acceptors (Lipinski definition) is 8. The fourth-order valence-corrected chi connectivity index (χ4v) is 5.76. The Labute approximate surface area is 188 Å². The van der Waals surface area contributed by atoms with E-state index in [2.05, 4.69) is 5.32 Å². The van der Waals surface area contributed by atoms with Gasteiger partial charge in [0, 0.05) is 0 Å². The molecular formula is C21H22N2O6S2. The van der Waals surface area contributed by atoms with E-state index in [0.717, 1.165) is 17.1 Å². The van der Waals surface area contributed by atoms with Gasteiger partial charge in [-0.2, -0.15) is 0 Å². The Bertz CT molecular complexity index is 961. The number of benzene rings is 2. The Balaban J connectivity index is 1.61. The SMILES string of the molecule is COc1ccc(NC(=O)C(C)OC(=O)c2ccc(C3SCCCS3)cc2)c([N+](=O)[O-])c1. The molecule has 3 rings (SSSR count). The van der Waals surface area contributed by atoms with Crippen molar-refractivity contribution in [2.24, 2.45) is 0 Å². The average molecular weight is 463 g/mol. The number of nitro groups is 1. The van der Waals surface area contributed by atoms with Crippen LogP contribution in [0.25, 0.3) is 0 Å². The van der Waals surface area contributed by atoms with Crippen molar-refractivity contribution in [1.82, 2.24) is 0 Å². The summed E-state index contributed by atoms with van der Waals surface area (Å²) in [5.41, 5.74) is 1.15. The van der Waals surface area contributed by atoms with Gasteiger partial charge in [0.15, 0.2) is 6.10 Å². The van der Waals surface area contributed by atoms with Crippen LogP contribution >= 0.6 is 23.5 Å². The van der Waals surface area contributed by atoms with E-state index in [1.165, 1.54) is 38.7 Å². The lowest BCUT2D eigenvalue weighted by Gasteiger charge is -2.21. The first-order valence-electron chi connectivity index (χ1n) is 9.56. The number of carbonyl (C=O) groups excluding carboxylic acids is 2. The molecule has 8 nitrogen and oxygen atoms in total. The van der Waals surface area contributed by atoms with Crippen LogP contribution in [0, 0.1) is 10.1 Å². The third kappa shape index (κ3) is 5.92. The van der Waals surface area contributed by atoms with Crippen LogP contribution in [0.1, 0.15) is 33.8 Å². The summed E-state index contributed by atoms with van der Waals surface area (Å²) in [5, 5.41) is 13.7. The van der Waals surface area contributed by atoms with Crippen molar-refractivity contribution >= 4 is 46.8 Å². The Morgan fingerprint density at radius 2 is 1.84 bits per heavy atom. The highest BCUT2D eigenvalue weighted by molar-refractivity contribution is 8.16. The van der Waals surface area contributed by atoms with Gasteiger partial charge in [-0.15, -0.1) is 23.5 Å². The Morgan fingerprint density at radius 1 is 1.16 bits per heavy atom. The molecule has 0 bridgehead atoms. The van der Waals surface area contributed by atoms with Crippen molar-refractivity contribution in [3.63, 3.8) is 0 Å². The summed E-state index contributed by atoms with van der Waals surface area (Å²) in [6.07, 6.45) is 0.0638. The highest BCUT2D eigenvalue weighted by Gasteiger charge is 2.23. The van der Waals surface area contributed by atoms with E-state index in [9.17, 15) is 19.7 Å². The maximum Gasteiger partial charge on any atom is 0.338 e. The lowest BCUT2D eigenvalue weighted by Crippen LogP contribution is -2.30. The maximum absolute atomic E-state index is 12.4. The van der Waals surface area contributed by atoms with Crippen LogP contribution in [0.2, 0.25) is 0 Å². The number of anilines is 1. The lowest BCUT2D eigenvalue weighted by atomic mass is 10.1. The van der Waals surface area contributed by atoms with Crippen LogP contribution in [0.15, 0.2) is 42.5 Å². The van der Waals surface area contributed by atoms with E-state index in [1.807, 2.05) is 35.7 Å². The summed E-state index contributed by atoms with van der Waals surface area (Å²) in [6.45, 7) is 1.41. The van der Waals surface area contributed by atoms with Gasteiger partial charge in [0.2, 0.25) is 0 Å². The average Bonchev–Trinajstić information content (AvgIpc) is 2.79. The molecule has 1 amide bonds. The topological polar surface area (TPSA) is 108 Å². The molecule has 1 fully saturated rings. The van der Waals surface area contributed by atoms with Crippen molar-refractivity contribution in [2.45, 2.75) is 24.0 Å². The minimum absolute atomic E-state index is 0.00876. The van der Waals surface area contributed by atoms with Gasteiger partial charge in [-0.05, 0) is 54.7 Å². The molecule has 0 aromatic heterocycles. The van der Waals surface area contributed by atoms with Crippen molar-refractivity contribution < 1.29 is 24.0 Å². The van der Waals surface area contributed by atoms with Crippen LogP contribution in [0.5, 0.6) is 5.75 Å².